The Morgan fingerprint density at radius 1 is 1.33 bits per heavy atom. The summed E-state index contributed by atoms with van der Waals surface area (Å²) in [7, 11) is 0. The molecule has 2 aliphatic rings. The third kappa shape index (κ3) is 2.12. The fourth-order valence-electron chi connectivity index (χ4n) is 3.33. The second kappa shape index (κ2) is 4.88. The number of rotatable bonds is 2. The molecule has 98 valence electrons. The molecule has 1 unspecified atom stereocenters. The molecule has 3 rings (SSSR count). The molecular weight excluding hydrogens is 222 g/mol. The third-order valence-corrected chi connectivity index (χ3v) is 4.63. The van der Waals surface area contributed by atoms with Crippen LogP contribution in [0.5, 0.6) is 0 Å². The lowest BCUT2D eigenvalue weighted by molar-refractivity contribution is 0.303. The van der Waals surface area contributed by atoms with Crippen LogP contribution < -0.4 is 5.32 Å². The Morgan fingerprint density at radius 2 is 2.17 bits per heavy atom. The Kier molecular flexibility index (Phi) is 3.25. The molecule has 0 bridgehead atoms. The highest BCUT2D eigenvalue weighted by atomic mass is 15.1. The van der Waals surface area contributed by atoms with Crippen molar-refractivity contribution >= 4 is 0 Å². The molecule has 0 saturated carbocycles. The maximum atomic E-state index is 4.44. The Labute approximate surface area is 109 Å². The van der Waals surface area contributed by atoms with E-state index in [1.54, 1.807) is 0 Å². The van der Waals surface area contributed by atoms with Crippen molar-refractivity contribution in [3.63, 3.8) is 0 Å². The minimum Gasteiger partial charge on any atom is -0.331 e. The summed E-state index contributed by atoms with van der Waals surface area (Å²) in [5.41, 5.74) is 1.76. The Bertz CT molecular complexity index is 427. The summed E-state index contributed by atoms with van der Waals surface area (Å²) in [6, 6.07) is 0.624. The van der Waals surface area contributed by atoms with E-state index >= 15 is 0 Å². The second-order valence-electron chi connectivity index (χ2n) is 5.94. The minimum absolute atomic E-state index is 0.308. The normalized spacial score (nSPS) is 27.3. The molecule has 0 spiro atoms. The standard InChI is InChI=1S/C15H23N3/c1-15(7-9-16-10-8-15)14-11-17-12-18(14)13-5-3-2-4-6-13/h2-3,11-13,16H,4-10H2,1H3. The number of piperidine rings is 1. The van der Waals surface area contributed by atoms with Gasteiger partial charge in [0.2, 0.25) is 0 Å². The Hall–Kier alpha value is -1.09. The molecule has 1 N–H and O–H groups in total. The summed E-state index contributed by atoms with van der Waals surface area (Å²) in [6.45, 7) is 4.67. The number of aromatic nitrogens is 2. The van der Waals surface area contributed by atoms with Gasteiger partial charge in [-0.2, -0.15) is 0 Å². The van der Waals surface area contributed by atoms with Gasteiger partial charge in [0.1, 0.15) is 0 Å². The number of hydrogen-bond donors (Lipinski definition) is 1. The SMILES string of the molecule is CC1(c2cncn2C2CC=CCC2)CCNCC1. The number of allylic oxidation sites excluding steroid dienone is 2. The maximum Gasteiger partial charge on any atom is 0.0951 e. The zero-order chi connectivity index (χ0) is 12.4. The van der Waals surface area contributed by atoms with Crippen LogP contribution in [0.1, 0.15) is 50.8 Å². The molecule has 2 heterocycles. The minimum atomic E-state index is 0.308. The van der Waals surface area contributed by atoms with Gasteiger partial charge in [0.05, 0.1) is 6.33 Å². The monoisotopic (exact) mass is 245 g/mol. The van der Waals surface area contributed by atoms with Gasteiger partial charge in [0, 0.05) is 23.3 Å². The van der Waals surface area contributed by atoms with Crippen LogP contribution in [0, 0.1) is 0 Å². The molecule has 18 heavy (non-hydrogen) atoms. The largest absolute Gasteiger partial charge is 0.331 e. The zero-order valence-electron chi connectivity index (χ0n) is 11.2. The fraction of sp³-hybridized carbons (Fsp3) is 0.667. The first-order valence-electron chi connectivity index (χ1n) is 7.18. The number of hydrogen-bond acceptors (Lipinski definition) is 2. The highest BCUT2D eigenvalue weighted by Gasteiger charge is 2.32. The number of nitrogens with one attached hydrogen (secondary N) is 1. The molecular formula is C15H23N3. The van der Waals surface area contributed by atoms with Crippen molar-refractivity contribution in [1.82, 2.24) is 14.9 Å². The van der Waals surface area contributed by atoms with E-state index in [4.69, 9.17) is 0 Å². The molecule has 1 aliphatic heterocycles. The Balaban J connectivity index is 1.88. The molecule has 0 aromatic carbocycles. The summed E-state index contributed by atoms with van der Waals surface area (Å²) < 4.78 is 2.45. The topological polar surface area (TPSA) is 29.9 Å². The molecule has 3 heteroatoms. The van der Waals surface area contributed by atoms with Gasteiger partial charge in [-0.05, 0) is 45.2 Å². The average Bonchev–Trinajstić information content (AvgIpc) is 2.91. The lowest BCUT2D eigenvalue weighted by atomic mass is 9.78. The van der Waals surface area contributed by atoms with Crippen LogP contribution >= 0.6 is 0 Å². The van der Waals surface area contributed by atoms with Gasteiger partial charge in [0.25, 0.3) is 0 Å². The van der Waals surface area contributed by atoms with E-state index < -0.39 is 0 Å². The summed E-state index contributed by atoms with van der Waals surface area (Å²) in [4.78, 5) is 4.44. The van der Waals surface area contributed by atoms with Gasteiger partial charge in [-0.1, -0.05) is 19.1 Å². The molecule has 0 radical (unpaired) electrons. The molecule has 1 saturated heterocycles. The first-order valence-corrected chi connectivity index (χ1v) is 7.18. The van der Waals surface area contributed by atoms with Crippen LogP contribution in [0.2, 0.25) is 0 Å². The van der Waals surface area contributed by atoms with Gasteiger partial charge in [-0.3, -0.25) is 0 Å². The van der Waals surface area contributed by atoms with Gasteiger partial charge in [-0.15, -0.1) is 0 Å². The molecule has 3 nitrogen and oxygen atoms in total. The van der Waals surface area contributed by atoms with Gasteiger partial charge < -0.3 is 9.88 Å². The number of imidazole rings is 1. The van der Waals surface area contributed by atoms with Crippen molar-refractivity contribution < 1.29 is 0 Å². The zero-order valence-corrected chi connectivity index (χ0v) is 11.2. The summed E-state index contributed by atoms with van der Waals surface area (Å²) in [5, 5.41) is 3.46. The van der Waals surface area contributed by atoms with Crippen LogP contribution in [-0.4, -0.2) is 22.6 Å². The van der Waals surface area contributed by atoms with Crippen molar-refractivity contribution in [2.45, 2.75) is 50.5 Å². The molecule has 1 aliphatic carbocycles. The quantitative estimate of drug-likeness (QED) is 0.812. The van der Waals surface area contributed by atoms with Crippen LogP contribution in [0.25, 0.3) is 0 Å². The van der Waals surface area contributed by atoms with E-state index in [9.17, 15) is 0 Å². The van der Waals surface area contributed by atoms with Crippen LogP contribution in [-0.2, 0) is 5.41 Å². The smallest absolute Gasteiger partial charge is 0.0951 e. The van der Waals surface area contributed by atoms with Gasteiger partial charge in [0.15, 0.2) is 0 Å². The van der Waals surface area contributed by atoms with Crippen LogP contribution in [0.3, 0.4) is 0 Å². The van der Waals surface area contributed by atoms with Crippen molar-refractivity contribution in [3.8, 4) is 0 Å². The molecule has 0 amide bonds. The van der Waals surface area contributed by atoms with Gasteiger partial charge >= 0.3 is 0 Å². The van der Waals surface area contributed by atoms with E-state index in [0.717, 1.165) is 19.5 Å². The number of nitrogens with zero attached hydrogens (tertiary/aromatic N) is 2. The Morgan fingerprint density at radius 3 is 2.89 bits per heavy atom. The summed E-state index contributed by atoms with van der Waals surface area (Å²) in [5.74, 6) is 0. The first-order chi connectivity index (χ1) is 8.80. The van der Waals surface area contributed by atoms with Crippen LogP contribution in [0.15, 0.2) is 24.7 Å². The highest BCUT2D eigenvalue weighted by molar-refractivity contribution is 5.17. The van der Waals surface area contributed by atoms with Crippen LogP contribution in [0.4, 0.5) is 0 Å². The highest BCUT2D eigenvalue weighted by Crippen LogP contribution is 2.36. The summed E-state index contributed by atoms with van der Waals surface area (Å²) >= 11 is 0. The fourth-order valence-corrected chi connectivity index (χ4v) is 3.33. The van der Waals surface area contributed by atoms with E-state index in [1.807, 2.05) is 6.33 Å². The van der Waals surface area contributed by atoms with Crippen molar-refractivity contribution in [2.75, 3.05) is 13.1 Å². The van der Waals surface area contributed by atoms with E-state index in [1.165, 1.54) is 31.4 Å². The second-order valence-corrected chi connectivity index (χ2v) is 5.94. The lowest BCUT2D eigenvalue weighted by Crippen LogP contribution is -2.39. The third-order valence-electron chi connectivity index (χ3n) is 4.63. The average molecular weight is 245 g/mol. The predicted octanol–water partition coefficient (Wildman–Crippen LogP) is 2.81. The maximum absolute atomic E-state index is 4.44. The molecule has 1 aromatic heterocycles. The van der Waals surface area contributed by atoms with E-state index in [-0.39, 0.29) is 0 Å². The van der Waals surface area contributed by atoms with E-state index in [0.29, 0.717) is 11.5 Å². The van der Waals surface area contributed by atoms with Crippen molar-refractivity contribution in [1.29, 1.82) is 0 Å². The predicted molar refractivity (Wildman–Crippen MR) is 73.7 cm³/mol. The van der Waals surface area contributed by atoms with E-state index in [2.05, 4.69) is 40.1 Å². The van der Waals surface area contributed by atoms with Crippen molar-refractivity contribution in [3.05, 3.63) is 30.4 Å². The van der Waals surface area contributed by atoms with Gasteiger partial charge in [-0.25, -0.2) is 4.98 Å². The lowest BCUT2D eigenvalue weighted by Gasteiger charge is -2.36. The first kappa shape index (κ1) is 12.0. The molecule has 1 atom stereocenters. The molecule has 1 fully saturated rings. The van der Waals surface area contributed by atoms with Crippen molar-refractivity contribution in [2.24, 2.45) is 0 Å². The molecule has 1 aromatic rings. The summed E-state index contributed by atoms with van der Waals surface area (Å²) in [6.07, 6.45) is 14.9.